The molecule has 0 radical (unpaired) electrons. The zero-order valence-corrected chi connectivity index (χ0v) is 24.6. The van der Waals surface area contributed by atoms with Crippen LogP contribution in [-0.2, 0) is 0 Å². The SMILES string of the molecule is CCCCCN=C1C=CC2=C(c3c(C)sc(C(=O)O)c3C)c3ccc(N4CCCC4)cc3[Si](C)(C)C2=C1. The van der Waals surface area contributed by atoms with Crippen LogP contribution in [0.25, 0.3) is 5.57 Å². The van der Waals surface area contributed by atoms with Crippen molar-refractivity contribution in [3.05, 3.63) is 73.6 Å². The second-order valence-corrected chi connectivity index (χ2v) is 16.6. The van der Waals surface area contributed by atoms with E-state index in [0.29, 0.717) is 4.88 Å². The molecule has 1 aliphatic carbocycles. The van der Waals surface area contributed by atoms with Crippen molar-refractivity contribution < 1.29 is 9.90 Å². The molecule has 0 amide bonds. The molecule has 0 bridgehead atoms. The third kappa shape index (κ3) is 4.59. The molecule has 4 nitrogen and oxygen atoms in total. The van der Waals surface area contributed by atoms with Crippen molar-refractivity contribution in [2.75, 3.05) is 24.5 Å². The van der Waals surface area contributed by atoms with Gasteiger partial charge in [0.15, 0.2) is 0 Å². The summed E-state index contributed by atoms with van der Waals surface area (Å²) in [4.78, 5) is 21.0. The maximum Gasteiger partial charge on any atom is 0.346 e. The molecule has 2 aliphatic heterocycles. The lowest BCUT2D eigenvalue weighted by Crippen LogP contribution is -2.49. The van der Waals surface area contributed by atoms with Crippen LogP contribution in [0.2, 0.25) is 13.1 Å². The Morgan fingerprint density at radius 1 is 1.14 bits per heavy atom. The molecule has 1 fully saturated rings. The van der Waals surface area contributed by atoms with Crippen molar-refractivity contribution in [1.29, 1.82) is 0 Å². The molecular formula is C31H38N2O2SSi. The summed E-state index contributed by atoms with van der Waals surface area (Å²) in [7, 11) is -2.04. The number of aryl methyl sites for hydroxylation is 1. The maximum absolute atomic E-state index is 12.0. The Labute approximate surface area is 226 Å². The van der Waals surface area contributed by atoms with Gasteiger partial charge in [-0.3, -0.25) is 4.99 Å². The largest absolute Gasteiger partial charge is 0.477 e. The first-order valence-electron chi connectivity index (χ1n) is 13.7. The summed E-state index contributed by atoms with van der Waals surface area (Å²) in [5.74, 6) is -0.839. The summed E-state index contributed by atoms with van der Waals surface area (Å²) in [6.45, 7) is 14.3. The lowest BCUT2D eigenvalue weighted by molar-refractivity contribution is 0.0701. The Kier molecular flexibility index (Phi) is 7.16. The van der Waals surface area contributed by atoms with Crippen molar-refractivity contribution in [3.63, 3.8) is 0 Å². The van der Waals surface area contributed by atoms with Gasteiger partial charge in [-0.2, -0.15) is 0 Å². The van der Waals surface area contributed by atoms with E-state index < -0.39 is 14.0 Å². The summed E-state index contributed by atoms with van der Waals surface area (Å²) in [5, 5.41) is 12.7. The van der Waals surface area contributed by atoms with E-state index >= 15 is 0 Å². The van der Waals surface area contributed by atoms with Crippen molar-refractivity contribution in [2.24, 2.45) is 4.99 Å². The van der Waals surface area contributed by atoms with Crippen LogP contribution >= 0.6 is 11.3 Å². The standard InChI is InChI=1S/C31H38N2O2SSi/c1-6-7-8-15-32-22-11-13-24-26(18-22)37(4,5)27-19-23(33-16-9-10-17-33)12-14-25(27)29(24)28-20(2)30(31(34)35)36-21(28)3/h11-14,18-19H,6-10,15-17H2,1-5H3,(H,34,35). The number of allylic oxidation sites excluding steroid dienone is 5. The molecule has 0 unspecified atom stereocenters. The fourth-order valence-electron chi connectivity index (χ4n) is 6.16. The Hall–Kier alpha value is -2.70. The summed E-state index contributed by atoms with van der Waals surface area (Å²) in [6, 6.07) is 7.05. The number of unbranched alkanes of at least 4 members (excludes halogenated alkanes) is 2. The highest BCUT2D eigenvalue weighted by Crippen LogP contribution is 2.45. The number of carboxylic acid groups (broad SMARTS) is 1. The molecule has 0 saturated carbocycles. The summed E-state index contributed by atoms with van der Waals surface area (Å²) in [5.41, 5.74) is 8.09. The third-order valence-corrected chi connectivity index (χ3v) is 12.9. The van der Waals surface area contributed by atoms with Crippen molar-refractivity contribution in [1.82, 2.24) is 0 Å². The van der Waals surface area contributed by atoms with Crippen molar-refractivity contribution in [2.45, 2.75) is 66.0 Å². The third-order valence-electron chi connectivity index (χ3n) is 8.19. The summed E-state index contributed by atoms with van der Waals surface area (Å²) >= 11 is 1.40. The molecule has 6 heteroatoms. The Balaban J connectivity index is 1.73. The topological polar surface area (TPSA) is 52.9 Å². The second-order valence-electron chi connectivity index (χ2n) is 11.0. The quantitative estimate of drug-likeness (QED) is 0.308. The molecule has 1 aromatic carbocycles. The molecule has 0 spiro atoms. The average Bonchev–Trinajstić information content (AvgIpc) is 3.51. The molecule has 1 saturated heterocycles. The van der Waals surface area contributed by atoms with Crippen molar-refractivity contribution >= 4 is 47.5 Å². The van der Waals surface area contributed by atoms with E-state index in [0.717, 1.165) is 47.8 Å². The number of rotatable bonds is 7. The van der Waals surface area contributed by atoms with E-state index in [-0.39, 0.29) is 0 Å². The molecule has 194 valence electrons. The molecular weight excluding hydrogens is 493 g/mol. The van der Waals surface area contributed by atoms with Gasteiger partial charge < -0.3 is 10.0 Å². The van der Waals surface area contributed by atoms with Gasteiger partial charge in [0.05, 0.1) is 5.71 Å². The van der Waals surface area contributed by atoms with E-state index in [2.05, 4.69) is 68.3 Å². The van der Waals surface area contributed by atoms with Gasteiger partial charge in [0.25, 0.3) is 0 Å². The van der Waals surface area contributed by atoms with Crippen LogP contribution in [0.3, 0.4) is 0 Å². The zero-order chi connectivity index (χ0) is 26.3. The minimum absolute atomic E-state index is 0.446. The van der Waals surface area contributed by atoms with Crippen LogP contribution in [0.5, 0.6) is 0 Å². The molecule has 1 aromatic heterocycles. The highest BCUT2D eigenvalue weighted by Gasteiger charge is 2.41. The predicted octanol–water partition coefficient (Wildman–Crippen LogP) is 7.06. The Morgan fingerprint density at radius 3 is 2.57 bits per heavy atom. The number of benzene rings is 1. The normalized spacial score (nSPS) is 19.3. The number of carbonyl (C=O) groups is 1. The van der Waals surface area contributed by atoms with E-state index in [4.69, 9.17) is 4.99 Å². The van der Waals surface area contributed by atoms with Gasteiger partial charge in [0.2, 0.25) is 0 Å². The second kappa shape index (κ2) is 10.2. The number of carboxylic acids is 1. The minimum atomic E-state index is -2.04. The van der Waals surface area contributed by atoms with Gasteiger partial charge in [0, 0.05) is 35.8 Å². The molecule has 37 heavy (non-hydrogen) atoms. The van der Waals surface area contributed by atoms with Crippen LogP contribution < -0.4 is 10.1 Å². The highest BCUT2D eigenvalue weighted by atomic mass is 32.1. The van der Waals surface area contributed by atoms with E-state index in [1.807, 2.05) is 6.92 Å². The number of hydrogen-bond acceptors (Lipinski definition) is 4. The number of aromatic carboxylic acids is 1. The maximum atomic E-state index is 12.0. The van der Waals surface area contributed by atoms with Crippen LogP contribution in [0.4, 0.5) is 5.69 Å². The molecule has 3 heterocycles. The Morgan fingerprint density at radius 2 is 1.89 bits per heavy atom. The predicted molar refractivity (Wildman–Crippen MR) is 161 cm³/mol. The van der Waals surface area contributed by atoms with Gasteiger partial charge in [-0.25, -0.2) is 4.79 Å². The zero-order valence-electron chi connectivity index (χ0n) is 22.8. The number of fused-ring (bicyclic) bond motifs is 2. The number of nitrogens with zero attached hydrogens (tertiary/aromatic N) is 2. The number of anilines is 1. The van der Waals surface area contributed by atoms with Gasteiger partial charge in [0.1, 0.15) is 13.0 Å². The number of thiophene rings is 1. The molecule has 3 aliphatic rings. The average molecular weight is 531 g/mol. The highest BCUT2D eigenvalue weighted by molar-refractivity contribution is 7.14. The van der Waals surface area contributed by atoms with Gasteiger partial charge in [-0.1, -0.05) is 45.0 Å². The number of hydrogen-bond donors (Lipinski definition) is 1. The van der Waals surface area contributed by atoms with Crippen molar-refractivity contribution in [3.8, 4) is 0 Å². The lowest BCUT2D eigenvalue weighted by atomic mass is 9.87. The van der Waals surface area contributed by atoms with Crippen LogP contribution in [0.1, 0.15) is 70.3 Å². The Bertz CT molecular complexity index is 1370. The first-order chi connectivity index (χ1) is 17.7. The van der Waals surface area contributed by atoms with Crippen LogP contribution in [-0.4, -0.2) is 44.5 Å². The first kappa shape index (κ1) is 25.9. The lowest BCUT2D eigenvalue weighted by Gasteiger charge is -2.38. The fraction of sp³-hybridized carbons (Fsp3) is 0.419. The molecule has 2 aromatic rings. The first-order valence-corrected chi connectivity index (χ1v) is 17.5. The molecule has 0 atom stereocenters. The smallest absolute Gasteiger partial charge is 0.346 e. The van der Waals surface area contributed by atoms with E-state index in [1.165, 1.54) is 69.8 Å². The number of aliphatic imine (C=N–C) groups is 1. The van der Waals surface area contributed by atoms with Gasteiger partial charge in [-0.05, 0) is 90.1 Å². The van der Waals surface area contributed by atoms with Gasteiger partial charge in [-0.15, -0.1) is 11.3 Å². The van der Waals surface area contributed by atoms with Crippen LogP contribution in [0, 0.1) is 13.8 Å². The minimum Gasteiger partial charge on any atom is -0.477 e. The van der Waals surface area contributed by atoms with Crippen LogP contribution in [0.15, 0.2) is 52.2 Å². The fourth-order valence-corrected chi connectivity index (χ4v) is 10.2. The molecule has 1 N–H and O–H groups in total. The summed E-state index contributed by atoms with van der Waals surface area (Å²) < 4.78 is 0. The van der Waals surface area contributed by atoms with E-state index in [1.54, 1.807) is 0 Å². The summed E-state index contributed by atoms with van der Waals surface area (Å²) in [6.07, 6.45) is 12.8. The monoisotopic (exact) mass is 530 g/mol. The van der Waals surface area contributed by atoms with Gasteiger partial charge >= 0.3 is 5.97 Å². The molecule has 5 rings (SSSR count). The van der Waals surface area contributed by atoms with E-state index in [9.17, 15) is 9.90 Å².